The fraction of sp³-hybridized carbons (Fsp3) is 0.357. The first-order valence-electron chi connectivity index (χ1n) is 6.37. The van der Waals surface area contributed by atoms with E-state index in [1.54, 1.807) is 0 Å². The molecule has 3 rings (SSSR count). The van der Waals surface area contributed by atoms with Crippen molar-refractivity contribution in [1.29, 1.82) is 0 Å². The lowest BCUT2D eigenvalue weighted by Gasteiger charge is -2.05. The largest absolute Gasteiger partial charge is 0.493 e. The van der Waals surface area contributed by atoms with Crippen LogP contribution in [0.2, 0.25) is 0 Å². The van der Waals surface area contributed by atoms with Gasteiger partial charge in [0, 0.05) is 31.8 Å². The van der Waals surface area contributed by atoms with Crippen LogP contribution in [0, 0.1) is 0 Å². The fourth-order valence-electron chi connectivity index (χ4n) is 2.17. The second kappa shape index (κ2) is 4.72. The first kappa shape index (κ1) is 11.1. The Morgan fingerprint density at radius 3 is 3.17 bits per heavy atom. The van der Waals surface area contributed by atoms with Gasteiger partial charge in [0.25, 0.3) is 0 Å². The van der Waals surface area contributed by atoms with E-state index in [2.05, 4.69) is 35.5 Å². The van der Waals surface area contributed by atoms with Crippen molar-refractivity contribution in [3.63, 3.8) is 0 Å². The summed E-state index contributed by atoms with van der Waals surface area (Å²) in [4.78, 5) is 0. The van der Waals surface area contributed by atoms with Crippen molar-refractivity contribution in [2.24, 2.45) is 0 Å². The summed E-state index contributed by atoms with van der Waals surface area (Å²) in [5.41, 5.74) is 2.58. The Morgan fingerprint density at radius 1 is 1.39 bits per heavy atom. The maximum atomic E-state index is 5.50. The molecular formula is C14H17N3O. The summed E-state index contributed by atoms with van der Waals surface area (Å²) in [7, 11) is 0. The summed E-state index contributed by atoms with van der Waals surface area (Å²) in [5.74, 6) is 1.96. The average molecular weight is 243 g/mol. The molecule has 2 aromatic rings. The van der Waals surface area contributed by atoms with Crippen molar-refractivity contribution >= 4 is 5.82 Å². The Morgan fingerprint density at radius 2 is 2.33 bits per heavy atom. The van der Waals surface area contributed by atoms with Gasteiger partial charge >= 0.3 is 0 Å². The molecule has 94 valence electrons. The Labute approximate surface area is 107 Å². The summed E-state index contributed by atoms with van der Waals surface area (Å²) in [5, 5.41) is 7.73. The molecule has 1 aromatic carbocycles. The normalized spacial score (nSPS) is 13.2. The van der Waals surface area contributed by atoms with Gasteiger partial charge in [0.15, 0.2) is 0 Å². The predicted molar refractivity (Wildman–Crippen MR) is 70.9 cm³/mol. The highest BCUT2D eigenvalue weighted by atomic mass is 16.5. The number of fused-ring (bicyclic) bond motifs is 1. The van der Waals surface area contributed by atoms with Crippen LogP contribution in [0.5, 0.6) is 5.75 Å². The van der Waals surface area contributed by atoms with Crippen LogP contribution in [0.15, 0.2) is 30.5 Å². The first-order valence-corrected chi connectivity index (χ1v) is 6.37. The van der Waals surface area contributed by atoms with E-state index in [9.17, 15) is 0 Å². The van der Waals surface area contributed by atoms with Gasteiger partial charge in [-0.05, 0) is 24.1 Å². The lowest BCUT2D eigenvalue weighted by atomic mass is 10.1. The number of aryl methyl sites for hydroxylation is 1. The molecule has 1 aromatic heterocycles. The zero-order chi connectivity index (χ0) is 12.4. The average Bonchev–Trinajstić information content (AvgIpc) is 3.04. The number of ether oxygens (including phenoxy) is 1. The van der Waals surface area contributed by atoms with Crippen LogP contribution in [-0.4, -0.2) is 16.4 Å². The van der Waals surface area contributed by atoms with E-state index in [0.717, 1.165) is 37.7 Å². The van der Waals surface area contributed by atoms with Gasteiger partial charge in [0.1, 0.15) is 11.6 Å². The molecule has 0 spiro atoms. The monoisotopic (exact) mass is 243 g/mol. The van der Waals surface area contributed by atoms with Crippen LogP contribution in [0.3, 0.4) is 0 Å². The summed E-state index contributed by atoms with van der Waals surface area (Å²) in [6.45, 7) is 4.59. The highest BCUT2D eigenvalue weighted by Crippen LogP contribution is 2.26. The molecule has 0 amide bonds. The second-order valence-electron chi connectivity index (χ2n) is 4.45. The third kappa shape index (κ3) is 2.18. The first-order chi connectivity index (χ1) is 8.85. The van der Waals surface area contributed by atoms with Crippen molar-refractivity contribution < 1.29 is 4.74 Å². The Balaban J connectivity index is 1.66. The molecule has 0 saturated heterocycles. The van der Waals surface area contributed by atoms with Gasteiger partial charge in [0.2, 0.25) is 0 Å². The van der Waals surface area contributed by atoms with Gasteiger partial charge in [-0.2, -0.15) is 5.10 Å². The van der Waals surface area contributed by atoms with Gasteiger partial charge in [-0.15, -0.1) is 0 Å². The molecule has 0 atom stereocenters. The van der Waals surface area contributed by atoms with E-state index in [-0.39, 0.29) is 0 Å². The lowest BCUT2D eigenvalue weighted by Crippen LogP contribution is -2.02. The van der Waals surface area contributed by atoms with Crippen molar-refractivity contribution in [2.45, 2.75) is 26.4 Å². The van der Waals surface area contributed by atoms with Crippen LogP contribution >= 0.6 is 0 Å². The summed E-state index contributed by atoms with van der Waals surface area (Å²) < 4.78 is 7.41. The summed E-state index contributed by atoms with van der Waals surface area (Å²) in [6, 6.07) is 8.38. The Kier molecular flexibility index (Phi) is 2.92. The number of rotatable bonds is 4. The van der Waals surface area contributed by atoms with Crippen LogP contribution in [0.1, 0.15) is 18.1 Å². The smallest absolute Gasteiger partial charge is 0.148 e. The van der Waals surface area contributed by atoms with E-state index in [0.29, 0.717) is 0 Å². The molecule has 1 N–H and O–H groups in total. The van der Waals surface area contributed by atoms with Gasteiger partial charge in [0.05, 0.1) is 6.61 Å². The maximum Gasteiger partial charge on any atom is 0.148 e. The molecule has 0 fully saturated rings. The molecule has 0 radical (unpaired) electrons. The number of aromatic nitrogens is 2. The molecule has 1 aliphatic rings. The number of nitrogens with zero attached hydrogens (tertiary/aromatic N) is 2. The van der Waals surface area contributed by atoms with Crippen molar-refractivity contribution in [2.75, 3.05) is 11.9 Å². The third-order valence-electron chi connectivity index (χ3n) is 3.19. The highest BCUT2D eigenvalue weighted by molar-refractivity contribution is 5.41. The highest BCUT2D eigenvalue weighted by Gasteiger charge is 2.11. The van der Waals surface area contributed by atoms with E-state index >= 15 is 0 Å². The van der Waals surface area contributed by atoms with Crippen molar-refractivity contribution in [3.8, 4) is 5.75 Å². The van der Waals surface area contributed by atoms with E-state index < -0.39 is 0 Å². The molecule has 0 saturated carbocycles. The number of hydrogen-bond acceptors (Lipinski definition) is 3. The zero-order valence-electron chi connectivity index (χ0n) is 10.5. The SMILES string of the molecule is CCn1ccc(NCc2ccc3c(c2)CCO3)n1. The van der Waals surface area contributed by atoms with Crippen molar-refractivity contribution in [3.05, 3.63) is 41.6 Å². The minimum Gasteiger partial charge on any atom is -0.493 e. The van der Waals surface area contributed by atoms with E-state index in [4.69, 9.17) is 4.74 Å². The molecule has 0 unspecified atom stereocenters. The number of benzene rings is 1. The molecule has 4 nitrogen and oxygen atoms in total. The minimum atomic E-state index is 0.800. The number of hydrogen-bond donors (Lipinski definition) is 1. The molecule has 2 heterocycles. The molecule has 1 aliphatic heterocycles. The molecule has 4 heteroatoms. The summed E-state index contributed by atoms with van der Waals surface area (Å²) in [6.07, 6.45) is 3.01. The standard InChI is InChI=1S/C14H17N3O/c1-2-17-7-5-14(16-17)15-10-11-3-4-13-12(9-11)6-8-18-13/h3-5,7,9H,2,6,8,10H2,1H3,(H,15,16). The van der Waals surface area contributed by atoms with Gasteiger partial charge in [-0.1, -0.05) is 12.1 Å². The van der Waals surface area contributed by atoms with Crippen molar-refractivity contribution in [1.82, 2.24) is 9.78 Å². The maximum absolute atomic E-state index is 5.50. The molecule has 18 heavy (non-hydrogen) atoms. The minimum absolute atomic E-state index is 0.800. The van der Waals surface area contributed by atoms with E-state index in [1.165, 1.54) is 11.1 Å². The van der Waals surface area contributed by atoms with Crippen LogP contribution in [-0.2, 0) is 19.5 Å². The quantitative estimate of drug-likeness (QED) is 0.896. The molecule has 0 aliphatic carbocycles. The van der Waals surface area contributed by atoms with Crippen LogP contribution in [0.4, 0.5) is 5.82 Å². The molecular weight excluding hydrogens is 226 g/mol. The third-order valence-corrected chi connectivity index (χ3v) is 3.19. The topological polar surface area (TPSA) is 39.1 Å². The number of anilines is 1. The zero-order valence-corrected chi connectivity index (χ0v) is 10.5. The second-order valence-corrected chi connectivity index (χ2v) is 4.45. The Hall–Kier alpha value is -1.97. The fourth-order valence-corrected chi connectivity index (χ4v) is 2.17. The van der Waals surface area contributed by atoms with E-state index in [1.807, 2.05) is 16.9 Å². The van der Waals surface area contributed by atoms with Crippen LogP contribution in [0.25, 0.3) is 0 Å². The van der Waals surface area contributed by atoms with Gasteiger partial charge in [-0.25, -0.2) is 0 Å². The summed E-state index contributed by atoms with van der Waals surface area (Å²) >= 11 is 0. The van der Waals surface area contributed by atoms with Gasteiger partial charge in [-0.3, -0.25) is 4.68 Å². The van der Waals surface area contributed by atoms with Crippen LogP contribution < -0.4 is 10.1 Å². The predicted octanol–water partition coefficient (Wildman–Crippen LogP) is 2.45. The van der Waals surface area contributed by atoms with Gasteiger partial charge < -0.3 is 10.1 Å². The number of nitrogens with one attached hydrogen (secondary N) is 1. The lowest BCUT2D eigenvalue weighted by molar-refractivity contribution is 0.357. The molecule has 0 bridgehead atoms. The Bertz CT molecular complexity index is 548.